The van der Waals surface area contributed by atoms with E-state index in [0.29, 0.717) is 11.7 Å². The fraction of sp³-hybridized carbons (Fsp3) is 0.500. The van der Waals surface area contributed by atoms with E-state index in [1.54, 1.807) is 6.92 Å². The van der Waals surface area contributed by atoms with Crippen LogP contribution in [0.1, 0.15) is 37.9 Å². The number of nitrogens with zero attached hydrogens (tertiary/aromatic N) is 2. The van der Waals surface area contributed by atoms with Crippen molar-refractivity contribution in [3.05, 3.63) is 17.3 Å². The highest BCUT2D eigenvalue weighted by molar-refractivity contribution is 7.14. The van der Waals surface area contributed by atoms with Gasteiger partial charge >= 0.3 is 0 Å². The molecule has 0 radical (unpaired) electrons. The number of nitrogens with one attached hydrogen (secondary N) is 1. The zero-order valence-corrected chi connectivity index (χ0v) is 12.2. The lowest BCUT2D eigenvalue weighted by Crippen LogP contribution is -2.24. The van der Waals surface area contributed by atoms with Crippen molar-refractivity contribution in [3.63, 3.8) is 0 Å². The molecule has 0 atom stereocenters. The van der Waals surface area contributed by atoms with Gasteiger partial charge in [-0.3, -0.25) is 4.79 Å². The highest BCUT2D eigenvalue weighted by atomic mass is 32.1. The van der Waals surface area contributed by atoms with Gasteiger partial charge in [-0.1, -0.05) is 24.4 Å². The van der Waals surface area contributed by atoms with E-state index in [2.05, 4.69) is 15.5 Å². The number of aryl methyl sites for hydroxylation is 1. The number of hydrogen-bond donors (Lipinski definition) is 1. The number of anilines is 1. The Hall–Kier alpha value is -1.69. The summed E-state index contributed by atoms with van der Waals surface area (Å²) in [6, 6.07) is 1.89. The summed E-state index contributed by atoms with van der Waals surface area (Å²) in [6.07, 6.45) is 5.53. The molecule has 5 nitrogen and oxygen atoms in total. The summed E-state index contributed by atoms with van der Waals surface area (Å²) in [6.45, 7) is 1.78. The fourth-order valence-corrected chi connectivity index (χ4v) is 3.33. The third-order valence-corrected chi connectivity index (χ3v) is 4.52. The van der Waals surface area contributed by atoms with E-state index >= 15 is 0 Å². The number of rotatable bonds is 3. The first kappa shape index (κ1) is 13.3. The molecule has 1 aliphatic carbocycles. The van der Waals surface area contributed by atoms with Crippen LogP contribution in [0.2, 0.25) is 0 Å². The van der Waals surface area contributed by atoms with Crippen molar-refractivity contribution in [1.29, 1.82) is 0 Å². The zero-order valence-electron chi connectivity index (χ0n) is 11.4. The van der Waals surface area contributed by atoms with Gasteiger partial charge in [0.25, 0.3) is 5.89 Å². The Kier molecular flexibility index (Phi) is 3.82. The number of aromatic nitrogens is 2. The van der Waals surface area contributed by atoms with E-state index in [1.165, 1.54) is 17.8 Å². The van der Waals surface area contributed by atoms with Gasteiger partial charge in [0.15, 0.2) is 5.82 Å². The minimum atomic E-state index is 0.112. The Labute approximate surface area is 121 Å². The van der Waals surface area contributed by atoms with Crippen molar-refractivity contribution in [2.75, 3.05) is 5.32 Å². The summed E-state index contributed by atoms with van der Waals surface area (Å²) >= 11 is 1.49. The minimum absolute atomic E-state index is 0.112. The van der Waals surface area contributed by atoms with Gasteiger partial charge in [0.2, 0.25) is 5.91 Å². The highest BCUT2D eigenvalue weighted by Crippen LogP contribution is 2.33. The smallest absolute Gasteiger partial charge is 0.270 e. The molecule has 2 aromatic heterocycles. The molecule has 2 heterocycles. The van der Waals surface area contributed by atoms with Gasteiger partial charge in [-0.25, -0.2) is 0 Å². The van der Waals surface area contributed by atoms with Crippen LogP contribution in [0.4, 0.5) is 5.69 Å². The van der Waals surface area contributed by atoms with Crippen LogP contribution in [-0.2, 0) is 4.79 Å². The van der Waals surface area contributed by atoms with Crippen molar-refractivity contribution < 1.29 is 9.32 Å². The van der Waals surface area contributed by atoms with E-state index in [-0.39, 0.29) is 11.8 Å². The Morgan fingerprint density at radius 1 is 1.40 bits per heavy atom. The molecule has 1 amide bonds. The molecule has 20 heavy (non-hydrogen) atoms. The SMILES string of the molecule is Cc1noc(-c2sccc2NC(=O)C2CCCCC2)n1. The second-order valence-corrected chi connectivity index (χ2v) is 6.05. The second kappa shape index (κ2) is 5.75. The largest absolute Gasteiger partial charge is 0.333 e. The van der Waals surface area contributed by atoms with Gasteiger partial charge in [0.1, 0.15) is 4.88 Å². The molecule has 106 valence electrons. The number of hydrogen-bond acceptors (Lipinski definition) is 5. The van der Waals surface area contributed by atoms with E-state index in [0.717, 1.165) is 36.2 Å². The number of carbonyl (C=O) groups is 1. The fourth-order valence-electron chi connectivity index (χ4n) is 2.56. The number of thiophene rings is 1. The Balaban J connectivity index is 1.75. The average molecular weight is 291 g/mol. The van der Waals surface area contributed by atoms with Crippen molar-refractivity contribution in [2.45, 2.75) is 39.0 Å². The van der Waals surface area contributed by atoms with Gasteiger partial charge in [0.05, 0.1) is 5.69 Å². The van der Waals surface area contributed by atoms with Gasteiger partial charge in [-0.15, -0.1) is 11.3 Å². The minimum Gasteiger partial charge on any atom is -0.333 e. The molecule has 1 N–H and O–H groups in total. The molecule has 0 aromatic carbocycles. The van der Waals surface area contributed by atoms with Crippen LogP contribution in [0.25, 0.3) is 10.8 Å². The van der Waals surface area contributed by atoms with E-state index in [4.69, 9.17) is 4.52 Å². The monoisotopic (exact) mass is 291 g/mol. The van der Waals surface area contributed by atoms with Crippen LogP contribution in [0, 0.1) is 12.8 Å². The van der Waals surface area contributed by atoms with Gasteiger partial charge < -0.3 is 9.84 Å². The van der Waals surface area contributed by atoms with Crippen LogP contribution in [0.3, 0.4) is 0 Å². The summed E-state index contributed by atoms with van der Waals surface area (Å²) in [7, 11) is 0. The number of amides is 1. The first-order valence-corrected chi connectivity index (χ1v) is 7.81. The maximum absolute atomic E-state index is 12.3. The average Bonchev–Trinajstić information content (AvgIpc) is 3.08. The topological polar surface area (TPSA) is 68.0 Å². The Morgan fingerprint density at radius 2 is 2.20 bits per heavy atom. The quantitative estimate of drug-likeness (QED) is 0.937. The Morgan fingerprint density at radius 3 is 2.90 bits per heavy atom. The molecule has 1 fully saturated rings. The van der Waals surface area contributed by atoms with Crippen LogP contribution >= 0.6 is 11.3 Å². The predicted molar refractivity (Wildman–Crippen MR) is 77.6 cm³/mol. The molecule has 6 heteroatoms. The van der Waals surface area contributed by atoms with Crippen LogP contribution < -0.4 is 5.32 Å². The first-order valence-electron chi connectivity index (χ1n) is 6.93. The first-order chi connectivity index (χ1) is 9.74. The third-order valence-electron chi connectivity index (χ3n) is 3.62. The van der Waals surface area contributed by atoms with Crippen LogP contribution in [0.5, 0.6) is 0 Å². The molecule has 2 aromatic rings. The summed E-state index contributed by atoms with van der Waals surface area (Å²) in [5.41, 5.74) is 0.772. The molecule has 0 aliphatic heterocycles. The second-order valence-electron chi connectivity index (χ2n) is 5.13. The lowest BCUT2D eigenvalue weighted by atomic mass is 9.88. The molecule has 0 saturated heterocycles. The molecular weight excluding hydrogens is 274 g/mol. The molecule has 0 unspecified atom stereocenters. The maximum atomic E-state index is 12.3. The van der Waals surface area contributed by atoms with Crippen LogP contribution in [-0.4, -0.2) is 16.0 Å². The molecule has 3 rings (SSSR count). The number of carbonyl (C=O) groups excluding carboxylic acids is 1. The van der Waals surface area contributed by atoms with E-state index in [1.807, 2.05) is 11.4 Å². The van der Waals surface area contributed by atoms with E-state index in [9.17, 15) is 4.79 Å². The predicted octanol–water partition coefficient (Wildman–Crippen LogP) is 3.63. The molecule has 1 saturated carbocycles. The van der Waals surface area contributed by atoms with Crippen LogP contribution in [0.15, 0.2) is 16.0 Å². The summed E-state index contributed by atoms with van der Waals surface area (Å²) in [4.78, 5) is 17.3. The zero-order chi connectivity index (χ0) is 13.9. The summed E-state index contributed by atoms with van der Waals surface area (Å²) in [5, 5.41) is 8.72. The lowest BCUT2D eigenvalue weighted by molar-refractivity contribution is -0.120. The van der Waals surface area contributed by atoms with Crippen molar-refractivity contribution in [3.8, 4) is 10.8 Å². The lowest BCUT2D eigenvalue weighted by Gasteiger charge is -2.20. The van der Waals surface area contributed by atoms with E-state index < -0.39 is 0 Å². The molecule has 1 aliphatic rings. The highest BCUT2D eigenvalue weighted by Gasteiger charge is 2.23. The Bertz CT molecular complexity index is 599. The van der Waals surface area contributed by atoms with Crippen molar-refractivity contribution in [2.24, 2.45) is 5.92 Å². The van der Waals surface area contributed by atoms with Gasteiger partial charge in [-0.2, -0.15) is 4.98 Å². The van der Waals surface area contributed by atoms with Crippen molar-refractivity contribution in [1.82, 2.24) is 10.1 Å². The van der Waals surface area contributed by atoms with Gasteiger partial charge in [-0.05, 0) is 31.2 Å². The van der Waals surface area contributed by atoms with Crippen molar-refractivity contribution >= 4 is 22.9 Å². The standard InChI is InChI=1S/C14H17N3O2S/c1-9-15-14(19-17-9)12-11(7-8-20-12)16-13(18)10-5-3-2-4-6-10/h7-8,10H,2-6H2,1H3,(H,16,18). The molecule has 0 bridgehead atoms. The summed E-state index contributed by atoms with van der Waals surface area (Å²) in [5.74, 6) is 1.32. The van der Waals surface area contributed by atoms with Gasteiger partial charge in [0, 0.05) is 5.92 Å². The normalized spacial score (nSPS) is 16.2. The third kappa shape index (κ3) is 2.75. The molecular formula is C14H17N3O2S. The maximum Gasteiger partial charge on any atom is 0.270 e. The summed E-state index contributed by atoms with van der Waals surface area (Å²) < 4.78 is 5.17. The molecule has 0 spiro atoms.